The number of aryl methyl sites for hydroxylation is 1. The fraction of sp³-hybridized carbons (Fsp3) is 0.111. The Balaban J connectivity index is 1.75. The minimum atomic E-state index is -0.204. The zero-order chi connectivity index (χ0) is 15.3. The summed E-state index contributed by atoms with van der Waals surface area (Å²) in [6.07, 6.45) is 0.533. The highest BCUT2D eigenvalue weighted by molar-refractivity contribution is 8.04. The number of fused-ring (bicyclic) bond motifs is 1. The van der Waals surface area contributed by atoms with Crippen molar-refractivity contribution in [2.75, 3.05) is 4.90 Å². The molecular weight excluding hydrogens is 294 g/mol. The van der Waals surface area contributed by atoms with Crippen molar-refractivity contribution in [3.8, 4) is 0 Å². The third-order valence-corrected chi connectivity index (χ3v) is 5.19. The summed E-state index contributed by atoms with van der Waals surface area (Å²) in [5.41, 5.74) is 3.40. The van der Waals surface area contributed by atoms with Crippen molar-refractivity contribution in [2.45, 2.75) is 18.2 Å². The van der Waals surface area contributed by atoms with E-state index in [2.05, 4.69) is 0 Å². The van der Waals surface area contributed by atoms with Crippen LogP contribution in [0.3, 0.4) is 0 Å². The topological polar surface area (TPSA) is 37.4 Å². The monoisotopic (exact) mass is 307 g/mol. The molecule has 4 rings (SSSR count). The van der Waals surface area contributed by atoms with Crippen LogP contribution in [0.5, 0.6) is 0 Å². The average Bonchev–Trinajstić information content (AvgIpc) is 2.76. The lowest BCUT2D eigenvalue weighted by molar-refractivity contribution is -0.120. The summed E-state index contributed by atoms with van der Waals surface area (Å²) in [7, 11) is 0. The molecule has 0 spiro atoms. The molecule has 0 fully saturated rings. The van der Waals surface area contributed by atoms with Crippen LogP contribution in [-0.4, -0.2) is 11.8 Å². The van der Waals surface area contributed by atoms with E-state index in [1.807, 2.05) is 49.4 Å². The van der Waals surface area contributed by atoms with Crippen LogP contribution in [0, 0.1) is 6.92 Å². The van der Waals surface area contributed by atoms with E-state index >= 15 is 0 Å². The molecule has 22 heavy (non-hydrogen) atoms. The van der Waals surface area contributed by atoms with E-state index in [1.54, 1.807) is 6.07 Å². The van der Waals surface area contributed by atoms with E-state index in [9.17, 15) is 9.59 Å². The van der Waals surface area contributed by atoms with Crippen molar-refractivity contribution in [3.05, 3.63) is 70.1 Å². The normalized spacial score (nSPS) is 16.9. The molecule has 0 N–H and O–H groups in total. The molecule has 2 aromatic rings. The molecule has 2 amide bonds. The maximum absolute atomic E-state index is 12.7. The summed E-state index contributed by atoms with van der Waals surface area (Å²) in [5, 5.41) is 0. The zero-order valence-electron chi connectivity index (χ0n) is 12.0. The first-order valence-corrected chi connectivity index (χ1v) is 7.91. The predicted octanol–water partition coefficient (Wildman–Crippen LogP) is 3.47. The Hall–Kier alpha value is -2.33. The Morgan fingerprint density at radius 2 is 1.82 bits per heavy atom. The van der Waals surface area contributed by atoms with Crippen LogP contribution in [0.4, 0.5) is 5.69 Å². The first-order chi connectivity index (χ1) is 10.6. The average molecular weight is 307 g/mol. The van der Waals surface area contributed by atoms with Gasteiger partial charge in [0, 0.05) is 16.9 Å². The first kappa shape index (κ1) is 13.3. The zero-order valence-corrected chi connectivity index (χ0v) is 12.8. The molecule has 2 aliphatic heterocycles. The summed E-state index contributed by atoms with van der Waals surface area (Å²) >= 11 is 1.41. The van der Waals surface area contributed by atoms with E-state index in [1.165, 1.54) is 16.7 Å². The number of anilines is 1. The molecule has 0 aliphatic carbocycles. The SMILES string of the molecule is Cc1cccc(N2C(=O)C3=C(Sc4ccccc4C3)C2=O)c1. The number of benzene rings is 2. The van der Waals surface area contributed by atoms with Crippen molar-refractivity contribution in [1.82, 2.24) is 0 Å². The highest BCUT2D eigenvalue weighted by Crippen LogP contribution is 2.43. The van der Waals surface area contributed by atoms with E-state index in [0.717, 1.165) is 16.0 Å². The molecule has 0 radical (unpaired) electrons. The number of carbonyl (C=O) groups is 2. The molecule has 2 heterocycles. The molecule has 108 valence electrons. The Morgan fingerprint density at radius 1 is 1.00 bits per heavy atom. The second-order valence-corrected chi connectivity index (χ2v) is 6.53. The minimum absolute atomic E-state index is 0.187. The van der Waals surface area contributed by atoms with Gasteiger partial charge in [-0.15, -0.1) is 0 Å². The number of rotatable bonds is 1. The molecule has 0 atom stereocenters. The number of hydrogen-bond acceptors (Lipinski definition) is 3. The van der Waals surface area contributed by atoms with Crippen LogP contribution < -0.4 is 4.90 Å². The van der Waals surface area contributed by atoms with Gasteiger partial charge in [-0.05, 0) is 36.2 Å². The van der Waals surface area contributed by atoms with Crippen LogP contribution in [0.1, 0.15) is 11.1 Å². The van der Waals surface area contributed by atoms with Crippen molar-refractivity contribution >= 4 is 29.3 Å². The summed E-state index contributed by atoms with van der Waals surface area (Å²) in [5.74, 6) is -0.391. The van der Waals surface area contributed by atoms with Gasteiger partial charge in [0.25, 0.3) is 11.8 Å². The lowest BCUT2D eigenvalue weighted by Crippen LogP contribution is -2.31. The quantitative estimate of drug-likeness (QED) is 0.757. The molecule has 4 heteroatoms. The van der Waals surface area contributed by atoms with Gasteiger partial charge in [-0.2, -0.15) is 0 Å². The van der Waals surface area contributed by atoms with Crippen molar-refractivity contribution in [2.24, 2.45) is 0 Å². The second-order valence-electron chi connectivity index (χ2n) is 5.48. The molecule has 0 saturated carbocycles. The van der Waals surface area contributed by atoms with Gasteiger partial charge in [-0.3, -0.25) is 9.59 Å². The standard InChI is InChI=1S/C18H13NO2S/c1-11-5-4-7-13(9-11)19-17(20)14-10-12-6-2-3-8-15(12)22-16(14)18(19)21/h2-9H,10H2,1H3. The summed E-state index contributed by atoms with van der Waals surface area (Å²) in [6.45, 7) is 1.95. The van der Waals surface area contributed by atoms with E-state index in [-0.39, 0.29) is 11.8 Å². The van der Waals surface area contributed by atoms with Crippen molar-refractivity contribution in [3.63, 3.8) is 0 Å². The fourth-order valence-electron chi connectivity index (χ4n) is 2.87. The number of imide groups is 1. The van der Waals surface area contributed by atoms with Crippen LogP contribution >= 0.6 is 11.8 Å². The number of hydrogen-bond donors (Lipinski definition) is 0. The van der Waals surface area contributed by atoms with Gasteiger partial charge in [-0.25, -0.2) is 4.90 Å². The van der Waals surface area contributed by atoms with Crippen LogP contribution in [0.25, 0.3) is 0 Å². The molecule has 0 saturated heterocycles. The number of thioether (sulfide) groups is 1. The lowest BCUT2D eigenvalue weighted by Gasteiger charge is -2.15. The van der Waals surface area contributed by atoms with Gasteiger partial charge < -0.3 is 0 Å². The van der Waals surface area contributed by atoms with Gasteiger partial charge in [0.15, 0.2) is 0 Å². The van der Waals surface area contributed by atoms with Crippen molar-refractivity contribution in [1.29, 1.82) is 0 Å². The third kappa shape index (κ3) is 1.91. The number of carbonyl (C=O) groups excluding carboxylic acids is 2. The molecule has 0 unspecified atom stereocenters. The maximum atomic E-state index is 12.7. The number of nitrogens with zero attached hydrogens (tertiary/aromatic N) is 1. The summed E-state index contributed by atoms with van der Waals surface area (Å²) in [6, 6.07) is 15.4. The van der Waals surface area contributed by atoms with Crippen LogP contribution in [-0.2, 0) is 16.0 Å². The third-order valence-electron chi connectivity index (χ3n) is 3.94. The van der Waals surface area contributed by atoms with Crippen LogP contribution in [0.15, 0.2) is 63.9 Å². The number of amides is 2. The van der Waals surface area contributed by atoms with E-state index in [0.29, 0.717) is 22.6 Å². The Labute approximate surface area is 132 Å². The Bertz CT molecular complexity index is 807. The van der Waals surface area contributed by atoms with Gasteiger partial charge in [-0.1, -0.05) is 42.1 Å². The van der Waals surface area contributed by atoms with E-state index < -0.39 is 0 Å². The highest BCUT2D eigenvalue weighted by Gasteiger charge is 2.41. The predicted molar refractivity (Wildman–Crippen MR) is 86.7 cm³/mol. The van der Waals surface area contributed by atoms with Crippen LogP contribution in [0.2, 0.25) is 0 Å². The summed E-state index contributed by atoms with van der Waals surface area (Å²) in [4.78, 5) is 28.3. The fourth-order valence-corrected chi connectivity index (χ4v) is 3.97. The van der Waals surface area contributed by atoms with Gasteiger partial charge in [0.1, 0.15) is 0 Å². The van der Waals surface area contributed by atoms with E-state index in [4.69, 9.17) is 0 Å². The minimum Gasteiger partial charge on any atom is -0.269 e. The highest BCUT2D eigenvalue weighted by atomic mass is 32.2. The summed E-state index contributed by atoms with van der Waals surface area (Å²) < 4.78 is 0. The molecule has 3 nitrogen and oxygen atoms in total. The first-order valence-electron chi connectivity index (χ1n) is 7.09. The molecule has 0 bridgehead atoms. The lowest BCUT2D eigenvalue weighted by atomic mass is 10.0. The van der Waals surface area contributed by atoms with Gasteiger partial charge in [0.05, 0.1) is 10.6 Å². The smallest absolute Gasteiger partial charge is 0.269 e. The largest absolute Gasteiger partial charge is 0.272 e. The second kappa shape index (κ2) is 4.85. The molecule has 2 aromatic carbocycles. The Kier molecular flexibility index (Phi) is 2.94. The maximum Gasteiger partial charge on any atom is 0.272 e. The molecule has 2 aliphatic rings. The molecule has 0 aromatic heterocycles. The van der Waals surface area contributed by atoms with Gasteiger partial charge in [0.2, 0.25) is 0 Å². The Morgan fingerprint density at radius 3 is 2.64 bits per heavy atom. The molecular formula is C18H13NO2S. The van der Waals surface area contributed by atoms with Gasteiger partial charge >= 0.3 is 0 Å². The van der Waals surface area contributed by atoms with Crippen molar-refractivity contribution < 1.29 is 9.59 Å².